The summed E-state index contributed by atoms with van der Waals surface area (Å²) in [6, 6.07) is 4.12. The van der Waals surface area contributed by atoms with Gasteiger partial charge in [0.2, 0.25) is 0 Å². The zero-order chi connectivity index (χ0) is 15.5. The number of nitrogens with two attached hydrogens (primary N) is 1. The molecule has 2 N–H and O–H groups in total. The fourth-order valence-corrected chi connectivity index (χ4v) is 3.75. The molecular weight excluding hydrogens is 262 g/mol. The number of rotatable bonds is 5. The standard InChI is InChI=1S/C18H29NO2/c1-5-21-18(9-7-6-8-10-18)17(19)16-14(3)11-13(2)12-15(16)20-4/h11-12,17H,5-10,19H2,1-4H3. The molecule has 1 unspecified atom stereocenters. The van der Waals surface area contributed by atoms with Crippen molar-refractivity contribution in [2.75, 3.05) is 13.7 Å². The largest absolute Gasteiger partial charge is 0.496 e. The fraction of sp³-hybridized carbons (Fsp3) is 0.667. The third-order valence-corrected chi connectivity index (χ3v) is 4.72. The molecule has 1 aliphatic carbocycles. The Kier molecular flexibility index (Phi) is 5.28. The fourth-order valence-electron chi connectivity index (χ4n) is 3.75. The van der Waals surface area contributed by atoms with Gasteiger partial charge in [0.05, 0.1) is 18.8 Å². The Morgan fingerprint density at radius 2 is 1.86 bits per heavy atom. The van der Waals surface area contributed by atoms with Crippen molar-refractivity contribution in [3.8, 4) is 5.75 Å². The maximum absolute atomic E-state index is 6.71. The van der Waals surface area contributed by atoms with Gasteiger partial charge < -0.3 is 15.2 Å². The normalized spacial score (nSPS) is 19.3. The van der Waals surface area contributed by atoms with Crippen molar-refractivity contribution in [3.63, 3.8) is 0 Å². The second kappa shape index (κ2) is 6.80. The van der Waals surface area contributed by atoms with E-state index in [2.05, 4.69) is 32.9 Å². The van der Waals surface area contributed by atoms with Crippen LogP contribution >= 0.6 is 0 Å². The van der Waals surface area contributed by atoms with Crippen LogP contribution < -0.4 is 10.5 Å². The van der Waals surface area contributed by atoms with Gasteiger partial charge >= 0.3 is 0 Å². The minimum Gasteiger partial charge on any atom is -0.496 e. The quantitative estimate of drug-likeness (QED) is 0.890. The summed E-state index contributed by atoms with van der Waals surface area (Å²) in [5.41, 5.74) is 9.99. The highest BCUT2D eigenvalue weighted by molar-refractivity contribution is 5.46. The van der Waals surface area contributed by atoms with Crippen molar-refractivity contribution < 1.29 is 9.47 Å². The SMILES string of the molecule is CCOC1(C(N)c2c(C)cc(C)cc2OC)CCCCC1. The summed E-state index contributed by atoms with van der Waals surface area (Å²) >= 11 is 0. The average molecular weight is 291 g/mol. The topological polar surface area (TPSA) is 44.5 Å². The second-order valence-electron chi connectivity index (χ2n) is 6.23. The Bertz CT molecular complexity index is 473. The van der Waals surface area contributed by atoms with Gasteiger partial charge in [0, 0.05) is 12.2 Å². The maximum atomic E-state index is 6.71. The number of ether oxygens (including phenoxy) is 2. The van der Waals surface area contributed by atoms with Gasteiger partial charge in [-0.2, -0.15) is 0 Å². The number of hydrogen-bond donors (Lipinski definition) is 1. The summed E-state index contributed by atoms with van der Waals surface area (Å²) in [5.74, 6) is 0.893. The van der Waals surface area contributed by atoms with Crippen LogP contribution in [0.5, 0.6) is 5.75 Å². The predicted molar refractivity (Wildman–Crippen MR) is 86.8 cm³/mol. The number of benzene rings is 1. The van der Waals surface area contributed by atoms with Gasteiger partial charge in [0.15, 0.2) is 0 Å². The van der Waals surface area contributed by atoms with Gasteiger partial charge in [-0.05, 0) is 50.8 Å². The molecule has 0 spiro atoms. The van der Waals surface area contributed by atoms with Gasteiger partial charge in [0.25, 0.3) is 0 Å². The van der Waals surface area contributed by atoms with E-state index in [1.165, 1.54) is 30.4 Å². The number of methoxy groups -OCH3 is 1. The Labute approximate surface area is 128 Å². The minimum absolute atomic E-state index is 0.131. The molecule has 0 amide bonds. The Hall–Kier alpha value is -1.06. The molecule has 1 aliphatic rings. The molecular formula is C18H29NO2. The van der Waals surface area contributed by atoms with Crippen LogP contribution in [0.25, 0.3) is 0 Å². The molecule has 21 heavy (non-hydrogen) atoms. The van der Waals surface area contributed by atoms with Crippen molar-refractivity contribution >= 4 is 0 Å². The lowest BCUT2D eigenvalue weighted by atomic mass is 9.75. The van der Waals surface area contributed by atoms with Gasteiger partial charge in [-0.25, -0.2) is 0 Å². The Balaban J connectivity index is 2.43. The molecule has 1 aromatic rings. The van der Waals surface area contributed by atoms with Crippen LogP contribution in [0, 0.1) is 13.8 Å². The lowest BCUT2D eigenvalue weighted by molar-refractivity contribution is -0.0835. The molecule has 1 atom stereocenters. The van der Waals surface area contributed by atoms with Gasteiger partial charge in [-0.3, -0.25) is 0 Å². The summed E-state index contributed by atoms with van der Waals surface area (Å²) in [6.07, 6.45) is 5.75. The molecule has 0 bridgehead atoms. The summed E-state index contributed by atoms with van der Waals surface area (Å²) in [6.45, 7) is 6.97. The van der Waals surface area contributed by atoms with Crippen LogP contribution in [-0.2, 0) is 4.74 Å². The maximum Gasteiger partial charge on any atom is 0.124 e. The van der Waals surface area contributed by atoms with Crippen molar-refractivity contribution in [1.29, 1.82) is 0 Å². The van der Waals surface area contributed by atoms with Gasteiger partial charge in [0.1, 0.15) is 5.75 Å². The van der Waals surface area contributed by atoms with E-state index in [-0.39, 0.29) is 11.6 Å². The number of hydrogen-bond acceptors (Lipinski definition) is 3. The molecule has 0 heterocycles. The average Bonchev–Trinajstić information content (AvgIpc) is 2.47. The number of aryl methyl sites for hydroxylation is 2. The smallest absolute Gasteiger partial charge is 0.124 e. The lowest BCUT2D eigenvalue weighted by Crippen LogP contribution is -2.45. The first-order chi connectivity index (χ1) is 10.0. The first-order valence-electron chi connectivity index (χ1n) is 8.08. The van der Waals surface area contributed by atoms with E-state index in [4.69, 9.17) is 15.2 Å². The van der Waals surface area contributed by atoms with Crippen molar-refractivity contribution in [3.05, 3.63) is 28.8 Å². The molecule has 0 aliphatic heterocycles. The van der Waals surface area contributed by atoms with E-state index in [1.54, 1.807) is 7.11 Å². The van der Waals surface area contributed by atoms with Crippen LogP contribution in [0.2, 0.25) is 0 Å². The van der Waals surface area contributed by atoms with Crippen LogP contribution in [0.4, 0.5) is 0 Å². The third kappa shape index (κ3) is 3.24. The van der Waals surface area contributed by atoms with Crippen molar-refractivity contribution in [2.24, 2.45) is 5.73 Å². The molecule has 1 fully saturated rings. The Morgan fingerprint density at radius 1 is 1.19 bits per heavy atom. The highest BCUT2D eigenvalue weighted by Gasteiger charge is 2.41. The Morgan fingerprint density at radius 3 is 2.43 bits per heavy atom. The van der Waals surface area contributed by atoms with E-state index in [0.717, 1.165) is 24.2 Å². The zero-order valence-electron chi connectivity index (χ0n) is 13.9. The highest BCUT2D eigenvalue weighted by atomic mass is 16.5. The first-order valence-corrected chi connectivity index (χ1v) is 8.08. The molecule has 118 valence electrons. The molecule has 1 aromatic carbocycles. The van der Waals surface area contributed by atoms with Crippen LogP contribution in [-0.4, -0.2) is 19.3 Å². The lowest BCUT2D eigenvalue weighted by Gasteiger charge is -2.42. The zero-order valence-corrected chi connectivity index (χ0v) is 13.9. The van der Waals surface area contributed by atoms with Gasteiger partial charge in [-0.15, -0.1) is 0 Å². The summed E-state index contributed by atoms with van der Waals surface area (Å²) in [7, 11) is 1.72. The van der Waals surface area contributed by atoms with E-state index in [0.29, 0.717) is 6.61 Å². The van der Waals surface area contributed by atoms with E-state index < -0.39 is 0 Å². The molecule has 2 rings (SSSR count). The molecule has 0 radical (unpaired) electrons. The molecule has 3 nitrogen and oxygen atoms in total. The molecule has 3 heteroatoms. The van der Waals surface area contributed by atoms with Crippen molar-refractivity contribution in [2.45, 2.75) is 64.5 Å². The van der Waals surface area contributed by atoms with Gasteiger partial charge in [-0.1, -0.05) is 25.3 Å². The van der Waals surface area contributed by atoms with Crippen molar-refractivity contribution in [1.82, 2.24) is 0 Å². The summed E-state index contributed by atoms with van der Waals surface area (Å²) < 4.78 is 11.8. The highest BCUT2D eigenvalue weighted by Crippen LogP contribution is 2.43. The minimum atomic E-state index is -0.236. The second-order valence-corrected chi connectivity index (χ2v) is 6.23. The molecule has 0 aromatic heterocycles. The van der Waals surface area contributed by atoms with E-state index >= 15 is 0 Å². The molecule has 0 saturated heterocycles. The first kappa shape index (κ1) is 16.3. The molecule has 1 saturated carbocycles. The predicted octanol–water partition coefficient (Wildman–Crippen LogP) is 4.05. The van der Waals surface area contributed by atoms with E-state index in [9.17, 15) is 0 Å². The summed E-state index contributed by atoms with van der Waals surface area (Å²) in [4.78, 5) is 0. The summed E-state index contributed by atoms with van der Waals surface area (Å²) in [5, 5.41) is 0. The third-order valence-electron chi connectivity index (χ3n) is 4.72. The van der Waals surface area contributed by atoms with Crippen LogP contribution in [0.15, 0.2) is 12.1 Å². The van der Waals surface area contributed by atoms with Crippen LogP contribution in [0.1, 0.15) is 61.8 Å². The van der Waals surface area contributed by atoms with E-state index in [1.807, 2.05) is 0 Å². The monoisotopic (exact) mass is 291 g/mol. The van der Waals surface area contributed by atoms with Crippen LogP contribution in [0.3, 0.4) is 0 Å².